The van der Waals surface area contributed by atoms with E-state index in [0.29, 0.717) is 18.2 Å². The van der Waals surface area contributed by atoms with E-state index in [1.165, 1.54) is 0 Å². The Balaban J connectivity index is 1.93. The van der Waals surface area contributed by atoms with Gasteiger partial charge in [-0.3, -0.25) is 4.79 Å². The van der Waals surface area contributed by atoms with Crippen LogP contribution in [0, 0.1) is 17.2 Å². The Morgan fingerprint density at radius 1 is 1.43 bits per heavy atom. The Morgan fingerprint density at radius 2 is 2.22 bits per heavy atom. The summed E-state index contributed by atoms with van der Waals surface area (Å²) in [6.07, 6.45) is 2.99. The van der Waals surface area contributed by atoms with E-state index in [2.05, 4.69) is 18.1 Å². The number of carbonyl (C=O) groups excluding carboxylic acids is 1. The van der Waals surface area contributed by atoms with Crippen molar-refractivity contribution in [2.24, 2.45) is 5.92 Å². The molecule has 5 nitrogen and oxygen atoms in total. The fraction of sp³-hybridized carbons (Fsp3) is 0.389. The van der Waals surface area contributed by atoms with Crippen LogP contribution in [0.4, 0.5) is 5.69 Å². The highest BCUT2D eigenvalue weighted by atomic mass is 16.5. The molecule has 23 heavy (non-hydrogen) atoms. The number of rotatable bonds is 4. The van der Waals surface area contributed by atoms with Crippen molar-refractivity contribution in [2.45, 2.75) is 32.6 Å². The molecule has 1 aromatic heterocycles. The van der Waals surface area contributed by atoms with Gasteiger partial charge < -0.3 is 9.42 Å². The van der Waals surface area contributed by atoms with Crippen molar-refractivity contribution in [3.63, 3.8) is 0 Å². The van der Waals surface area contributed by atoms with Gasteiger partial charge in [-0.1, -0.05) is 30.3 Å². The molecule has 0 N–H and O–H groups in total. The van der Waals surface area contributed by atoms with Gasteiger partial charge in [0.25, 0.3) is 5.91 Å². The summed E-state index contributed by atoms with van der Waals surface area (Å²) in [5.41, 5.74) is 2.10. The number of anilines is 1. The average molecular weight is 309 g/mol. The second-order valence-corrected chi connectivity index (χ2v) is 5.98. The number of amides is 1. The van der Waals surface area contributed by atoms with Gasteiger partial charge in [-0.15, -0.1) is 0 Å². The molecular weight excluding hydrogens is 290 g/mol. The van der Waals surface area contributed by atoms with Crippen LogP contribution in [0.5, 0.6) is 0 Å². The van der Waals surface area contributed by atoms with E-state index < -0.39 is 0 Å². The molecule has 1 atom stereocenters. The second-order valence-electron chi connectivity index (χ2n) is 5.98. The van der Waals surface area contributed by atoms with Gasteiger partial charge in [0.05, 0.1) is 12.5 Å². The highest BCUT2D eigenvalue weighted by Crippen LogP contribution is 2.29. The van der Waals surface area contributed by atoms with E-state index in [0.717, 1.165) is 36.3 Å². The Morgan fingerprint density at radius 3 is 2.96 bits per heavy atom. The molecule has 1 amide bonds. The van der Waals surface area contributed by atoms with Crippen molar-refractivity contribution in [3.8, 4) is 6.07 Å². The zero-order valence-electron chi connectivity index (χ0n) is 13.2. The third-order valence-electron chi connectivity index (χ3n) is 4.25. The average Bonchev–Trinajstić information content (AvgIpc) is 2.99. The smallest absolute Gasteiger partial charge is 0.280 e. The maximum Gasteiger partial charge on any atom is 0.280 e. The summed E-state index contributed by atoms with van der Waals surface area (Å²) in [5, 5.41) is 12.9. The Kier molecular flexibility index (Phi) is 4.42. The van der Waals surface area contributed by atoms with Crippen LogP contribution < -0.4 is 4.90 Å². The number of aromatic nitrogens is 1. The van der Waals surface area contributed by atoms with Gasteiger partial charge in [-0.2, -0.15) is 5.26 Å². The Hall–Kier alpha value is -2.61. The molecule has 3 rings (SSSR count). The lowest BCUT2D eigenvalue weighted by atomic mass is 9.88. The molecule has 1 aliphatic carbocycles. The third-order valence-corrected chi connectivity index (χ3v) is 4.25. The lowest BCUT2D eigenvalue weighted by molar-refractivity contribution is 0.0978. The van der Waals surface area contributed by atoms with Crippen LogP contribution in [0.15, 0.2) is 34.9 Å². The summed E-state index contributed by atoms with van der Waals surface area (Å²) in [6.45, 7) is 2.52. The van der Waals surface area contributed by atoms with Gasteiger partial charge in [0.1, 0.15) is 5.76 Å². The van der Waals surface area contributed by atoms with Crippen molar-refractivity contribution in [1.29, 1.82) is 5.26 Å². The number of nitrogens with zero attached hydrogens (tertiary/aromatic N) is 3. The summed E-state index contributed by atoms with van der Waals surface area (Å²) in [5.74, 6) is 1.17. The highest BCUT2D eigenvalue weighted by Gasteiger charge is 2.29. The number of carbonyl (C=O) groups is 1. The predicted molar refractivity (Wildman–Crippen MR) is 86.0 cm³/mol. The summed E-state index contributed by atoms with van der Waals surface area (Å²) >= 11 is 0. The molecular formula is C18H19N3O2. The van der Waals surface area contributed by atoms with Gasteiger partial charge >= 0.3 is 0 Å². The predicted octanol–water partition coefficient (Wildman–Crippen LogP) is 3.36. The quantitative estimate of drug-likeness (QED) is 0.868. The molecule has 0 aliphatic heterocycles. The van der Waals surface area contributed by atoms with Gasteiger partial charge in [-0.25, -0.2) is 0 Å². The Labute approximate surface area is 135 Å². The number of hydrogen-bond donors (Lipinski definition) is 0. The number of benzene rings is 1. The highest BCUT2D eigenvalue weighted by molar-refractivity contribution is 6.05. The van der Waals surface area contributed by atoms with Crippen molar-refractivity contribution in [2.75, 3.05) is 11.4 Å². The van der Waals surface area contributed by atoms with Crippen molar-refractivity contribution < 1.29 is 9.32 Å². The van der Waals surface area contributed by atoms with E-state index in [4.69, 9.17) is 9.78 Å². The number of para-hydroxylation sites is 1. The first-order chi connectivity index (χ1) is 11.2. The topological polar surface area (TPSA) is 70.1 Å². The summed E-state index contributed by atoms with van der Waals surface area (Å²) in [6, 6.07) is 11.5. The summed E-state index contributed by atoms with van der Waals surface area (Å²) < 4.78 is 5.38. The van der Waals surface area contributed by atoms with E-state index in [1.54, 1.807) is 4.90 Å². The molecule has 0 spiro atoms. The van der Waals surface area contributed by atoms with Crippen LogP contribution in [0.25, 0.3) is 0 Å². The monoisotopic (exact) mass is 309 g/mol. The molecule has 0 unspecified atom stereocenters. The zero-order chi connectivity index (χ0) is 16.2. The lowest BCUT2D eigenvalue weighted by Gasteiger charge is -2.22. The molecule has 0 radical (unpaired) electrons. The van der Waals surface area contributed by atoms with Gasteiger partial charge in [0.15, 0.2) is 5.69 Å². The van der Waals surface area contributed by atoms with E-state index in [1.807, 2.05) is 30.3 Å². The summed E-state index contributed by atoms with van der Waals surface area (Å²) in [4.78, 5) is 14.6. The Bertz CT molecular complexity index is 730. The minimum absolute atomic E-state index is 0.189. The van der Waals surface area contributed by atoms with Gasteiger partial charge in [-0.05, 0) is 30.9 Å². The van der Waals surface area contributed by atoms with E-state index in [-0.39, 0.29) is 12.3 Å². The maximum atomic E-state index is 13.0. The standard InChI is InChI=1S/C18H19N3O2/c1-13-8-9-16-15(12-13)17(20-23-16)18(22)21(11-5-10-19)14-6-3-2-4-7-14/h2-4,6-7,13H,5,8-9,11-12H2,1H3/t13-/m1/s1. The van der Waals surface area contributed by atoms with Crippen molar-refractivity contribution in [1.82, 2.24) is 5.16 Å². The van der Waals surface area contributed by atoms with Crippen LogP contribution in [-0.4, -0.2) is 17.6 Å². The lowest BCUT2D eigenvalue weighted by Crippen LogP contribution is -2.33. The van der Waals surface area contributed by atoms with Crippen molar-refractivity contribution >= 4 is 11.6 Å². The van der Waals surface area contributed by atoms with Gasteiger partial charge in [0.2, 0.25) is 0 Å². The first kappa shape index (κ1) is 15.3. The molecule has 1 aliphatic rings. The van der Waals surface area contributed by atoms with E-state index >= 15 is 0 Å². The minimum atomic E-state index is -0.189. The minimum Gasteiger partial charge on any atom is -0.360 e. The number of nitriles is 1. The zero-order valence-corrected chi connectivity index (χ0v) is 13.2. The number of fused-ring (bicyclic) bond motifs is 1. The third kappa shape index (κ3) is 3.11. The molecule has 1 heterocycles. The number of hydrogen-bond acceptors (Lipinski definition) is 4. The molecule has 0 bridgehead atoms. The largest absolute Gasteiger partial charge is 0.360 e. The molecule has 1 aromatic carbocycles. The second kappa shape index (κ2) is 6.66. The SMILES string of the molecule is C[C@@H]1CCc2onc(C(=O)N(CCC#N)c3ccccc3)c2C1. The number of aryl methyl sites for hydroxylation is 1. The van der Waals surface area contributed by atoms with Gasteiger partial charge in [0, 0.05) is 24.2 Å². The molecule has 118 valence electrons. The normalized spacial score (nSPS) is 16.4. The van der Waals surface area contributed by atoms with E-state index in [9.17, 15) is 4.79 Å². The van der Waals surface area contributed by atoms with Crippen molar-refractivity contribution in [3.05, 3.63) is 47.3 Å². The molecule has 2 aromatic rings. The summed E-state index contributed by atoms with van der Waals surface area (Å²) in [7, 11) is 0. The fourth-order valence-corrected chi connectivity index (χ4v) is 2.99. The molecule has 0 fully saturated rings. The van der Waals surface area contributed by atoms with Crippen LogP contribution >= 0.6 is 0 Å². The van der Waals surface area contributed by atoms with Crippen LogP contribution in [0.2, 0.25) is 0 Å². The first-order valence-corrected chi connectivity index (χ1v) is 7.92. The molecule has 0 saturated heterocycles. The first-order valence-electron chi connectivity index (χ1n) is 7.92. The van der Waals surface area contributed by atoms with Crippen LogP contribution in [0.1, 0.15) is 41.6 Å². The van der Waals surface area contributed by atoms with Crippen LogP contribution in [-0.2, 0) is 12.8 Å². The molecule has 0 saturated carbocycles. The molecule has 5 heteroatoms. The fourth-order valence-electron chi connectivity index (χ4n) is 2.99. The maximum absolute atomic E-state index is 13.0. The van der Waals surface area contributed by atoms with Crippen LogP contribution in [0.3, 0.4) is 0 Å².